The van der Waals surface area contributed by atoms with Gasteiger partial charge in [0.05, 0.1) is 6.61 Å². The number of carboxylic acids is 1. The molecule has 0 radical (unpaired) electrons. The Morgan fingerprint density at radius 2 is 2.05 bits per heavy atom. The molecule has 0 fully saturated rings. The van der Waals surface area contributed by atoms with E-state index in [0.29, 0.717) is 5.69 Å². The van der Waals surface area contributed by atoms with E-state index in [1.165, 1.54) is 0 Å². The van der Waals surface area contributed by atoms with Gasteiger partial charge in [-0.3, -0.25) is 0 Å². The Kier molecular flexibility index (Phi) is 5.32. The second kappa shape index (κ2) is 6.75. The van der Waals surface area contributed by atoms with Gasteiger partial charge in [0, 0.05) is 5.69 Å². The van der Waals surface area contributed by atoms with Gasteiger partial charge in [0.25, 0.3) is 0 Å². The molecule has 104 valence electrons. The summed E-state index contributed by atoms with van der Waals surface area (Å²) in [4.78, 5) is 22.4. The van der Waals surface area contributed by atoms with Crippen molar-refractivity contribution in [2.75, 3.05) is 11.9 Å². The van der Waals surface area contributed by atoms with E-state index >= 15 is 0 Å². The number of carboxylic acid groups (broad SMARTS) is 1. The molecule has 6 nitrogen and oxygen atoms in total. The second-order valence-corrected chi connectivity index (χ2v) is 4.13. The van der Waals surface area contributed by atoms with Crippen LogP contribution in [-0.4, -0.2) is 34.9 Å². The van der Waals surface area contributed by atoms with Gasteiger partial charge in [0.15, 0.2) is 6.04 Å². The molecule has 0 aliphatic carbocycles. The van der Waals surface area contributed by atoms with Crippen LogP contribution in [-0.2, 0) is 11.2 Å². The van der Waals surface area contributed by atoms with Crippen molar-refractivity contribution in [3.8, 4) is 0 Å². The number of urea groups is 1. The Balaban J connectivity index is 2.80. The van der Waals surface area contributed by atoms with Gasteiger partial charge in [0.2, 0.25) is 0 Å². The average molecular weight is 266 g/mol. The highest BCUT2D eigenvalue weighted by Gasteiger charge is 2.19. The van der Waals surface area contributed by atoms with Gasteiger partial charge >= 0.3 is 12.0 Å². The fourth-order valence-corrected chi connectivity index (χ4v) is 1.70. The molecule has 4 N–H and O–H groups in total. The second-order valence-electron chi connectivity index (χ2n) is 4.13. The number of hydrogen-bond acceptors (Lipinski definition) is 3. The minimum atomic E-state index is -1.31. The van der Waals surface area contributed by atoms with Gasteiger partial charge in [-0.15, -0.1) is 0 Å². The topological polar surface area (TPSA) is 98.7 Å². The largest absolute Gasteiger partial charge is 0.480 e. The molecule has 1 aromatic rings. The van der Waals surface area contributed by atoms with Crippen molar-refractivity contribution in [1.29, 1.82) is 0 Å². The van der Waals surface area contributed by atoms with Gasteiger partial charge in [-0.05, 0) is 24.5 Å². The van der Waals surface area contributed by atoms with Crippen LogP contribution in [0.2, 0.25) is 0 Å². The molecule has 0 bridgehead atoms. The molecule has 6 heteroatoms. The lowest BCUT2D eigenvalue weighted by Gasteiger charge is -2.16. The van der Waals surface area contributed by atoms with Crippen molar-refractivity contribution in [2.24, 2.45) is 0 Å². The van der Waals surface area contributed by atoms with Gasteiger partial charge in [-0.25, -0.2) is 9.59 Å². The lowest BCUT2D eigenvalue weighted by molar-refractivity contribution is -0.140. The predicted octanol–water partition coefficient (Wildman–Crippen LogP) is 1.12. The van der Waals surface area contributed by atoms with Crippen molar-refractivity contribution in [3.63, 3.8) is 0 Å². The minimum absolute atomic E-state index is 0.648. The molecule has 0 saturated heterocycles. The third-order valence-corrected chi connectivity index (χ3v) is 2.76. The molecule has 19 heavy (non-hydrogen) atoms. The number of rotatable bonds is 5. The number of anilines is 1. The Bertz CT molecular complexity index is 474. The van der Waals surface area contributed by atoms with Crippen molar-refractivity contribution in [3.05, 3.63) is 29.3 Å². The fourth-order valence-electron chi connectivity index (χ4n) is 1.70. The normalized spacial score (nSPS) is 11.7. The lowest BCUT2D eigenvalue weighted by atomic mass is 10.1. The van der Waals surface area contributed by atoms with E-state index < -0.39 is 24.6 Å². The summed E-state index contributed by atoms with van der Waals surface area (Å²) in [7, 11) is 0. The van der Waals surface area contributed by atoms with Crippen molar-refractivity contribution in [2.45, 2.75) is 26.3 Å². The van der Waals surface area contributed by atoms with Crippen LogP contribution in [0.4, 0.5) is 10.5 Å². The summed E-state index contributed by atoms with van der Waals surface area (Å²) < 4.78 is 0. The van der Waals surface area contributed by atoms with Crippen molar-refractivity contribution in [1.82, 2.24) is 5.32 Å². The zero-order valence-electron chi connectivity index (χ0n) is 10.9. The first-order valence-corrected chi connectivity index (χ1v) is 5.99. The molecule has 1 atom stereocenters. The molecule has 2 amide bonds. The standard InChI is InChI=1S/C13H18N2O4/c1-3-9-6-4-5-8(2)11(9)15-13(19)14-10(7-16)12(17)18/h4-6,10,16H,3,7H2,1-2H3,(H,17,18)(H2,14,15,19). The number of amides is 2. The van der Waals surface area contributed by atoms with E-state index in [-0.39, 0.29) is 0 Å². The third kappa shape index (κ3) is 3.96. The average Bonchev–Trinajstić information content (AvgIpc) is 2.38. The van der Waals surface area contributed by atoms with E-state index in [2.05, 4.69) is 10.6 Å². The monoisotopic (exact) mass is 266 g/mol. The summed E-state index contributed by atoms with van der Waals surface area (Å²) in [6.07, 6.45) is 0.750. The van der Waals surface area contributed by atoms with Gasteiger partial charge in [-0.2, -0.15) is 0 Å². The highest BCUT2D eigenvalue weighted by atomic mass is 16.4. The van der Waals surface area contributed by atoms with Crippen LogP contribution in [0.15, 0.2) is 18.2 Å². The van der Waals surface area contributed by atoms with Crippen LogP contribution in [0.5, 0.6) is 0 Å². The van der Waals surface area contributed by atoms with Gasteiger partial charge in [-0.1, -0.05) is 25.1 Å². The Morgan fingerprint density at radius 3 is 2.58 bits per heavy atom. The summed E-state index contributed by atoms with van der Waals surface area (Å²) in [5, 5.41) is 22.4. The number of benzene rings is 1. The van der Waals surface area contributed by atoms with Gasteiger partial charge in [0.1, 0.15) is 0 Å². The van der Waals surface area contributed by atoms with Crippen LogP contribution in [0, 0.1) is 6.92 Å². The molecular formula is C13H18N2O4. The van der Waals surface area contributed by atoms with Crippen LogP contribution in [0.3, 0.4) is 0 Å². The molecule has 0 saturated carbocycles. The van der Waals surface area contributed by atoms with Crippen molar-refractivity contribution >= 4 is 17.7 Å². The van der Waals surface area contributed by atoms with Gasteiger partial charge < -0.3 is 20.8 Å². The molecule has 0 heterocycles. The summed E-state index contributed by atoms with van der Waals surface area (Å²) in [5.41, 5.74) is 2.53. The first-order chi connectivity index (χ1) is 8.99. The van der Waals surface area contributed by atoms with Crippen LogP contribution < -0.4 is 10.6 Å². The van der Waals surface area contributed by atoms with E-state index in [9.17, 15) is 9.59 Å². The number of aliphatic hydroxyl groups excluding tert-OH is 1. The third-order valence-electron chi connectivity index (χ3n) is 2.76. The summed E-state index contributed by atoms with van der Waals surface area (Å²) in [6.45, 7) is 3.16. The number of carbonyl (C=O) groups excluding carboxylic acids is 1. The maximum atomic E-state index is 11.7. The van der Waals surface area contributed by atoms with E-state index in [1.807, 2.05) is 32.0 Å². The number of carbonyl (C=O) groups is 2. The lowest BCUT2D eigenvalue weighted by Crippen LogP contribution is -2.45. The highest BCUT2D eigenvalue weighted by molar-refractivity contribution is 5.93. The summed E-state index contributed by atoms with van der Waals surface area (Å²) in [6, 6.07) is 3.68. The molecule has 0 spiro atoms. The molecule has 1 aromatic carbocycles. The van der Waals surface area contributed by atoms with Crippen LogP contribution in [0.25, 0.3) is 0 Å². The minimum Gasteiger partial charge on any atom is -0.480 e. The molecule has 1 rings (SSSR count). The summed E-state index contributed by atoms with van der Waals surface area (Å²) in [5.74, 6) is -1.28. The van der Waals surface area contributed by atoms with Crippen LogP contribution >= 0.6 is 0 Å². The molecule has 1 unspecified atom stereocenters. The Labute approximate surface area is 111 Å². The first-order valence-electron chi connectivity index (χ1n) is 5.99. The smallest absolute Gasteiger partial charge is 0.328 e. The SMILES string of the molecule is CCc1cccc(C)c1NC(=O)NC(CO)C(=O)O. The number of para-hydroxylation sites is 1. The number of aliphatic carboxylic acids is 1. The Hall–Kier alpha value is -2.08. The van der Waals surface area contributed by atoms with E-state index in [0.717, 1.165) is 17.5 Å². The highest BCUT2D eigenvalue weighted by Crippen LogP contribution is 2.20. The molecule has 0 aromatic heterocycles. The molecular weight excluding hydrogens is 248 g/mol. The predicted molar refractivity (Wildman–Crippen MR) is 71.2 cm³/mol. The quantitative estimate of drug-likeness (QED) is 0.642. The maximum Gasteiger partial charge on any atom is 0.328 e. The fraction of sp³-hybridized carbons (Fsp3) is 0.385. The number of nitrogens with one attached hydrogen (secondary N) is 2. The van der Waals surface area contributed by atoms with E-state index in [1.54, 1.807) is 0 Å². The maximum absolute atomic E-state index is 11.7. The zero-order chi connectivity index (χ0) is 14.4. The summed E-state index contributed by atoms with van der Waals surface area (Å²) >= 11 is 0. The Morgan fingerprint density at radius 1 is 1.37 bits per heavy atom. The molecule has 0 aliphatic heterocycles. The zero-order valence-corrected chi connectivity index (χ0v) is 10.9. The van der Waals surface area contributed by atoms with E-state index in [4.69, 9.17) is 10.2 Å². The first kappa shape index (κ1) is 15.0. The number of aliphatic hydroxyl groups is 1. The van der Waals surface area contributed by atoms with Crippen molar-refractivity contribution < 1.29 is 19.8 Å². The molecule has 0 aliphatic rings. The number of hydrogen-bond donors (Lipinski definition) is 4. The number of aryl methyl sites for hydroxylation is 2. The van der Waals surface area contributed by atoms with Crippen LogP contribution in [0.1, 0.15) is 18.1 Å².